The van der Waals surface area contributed by atoms with E-state index in [1.54, 1.807) is 4.90 Å². The molecule has 17 heavy (non-hydrogen) atoms. The molecule has 1 saturated heterocycles. The Balaban J connectivity index is 0.000000366. The zero-order valence-electron chi connectivity index (χ0n) is 10.9. The van der Waals surface area contributed by atoms with Gasteiger partial charge in [0.2, 0.25) is 5.91 Å². The number of carbonyl (C=O) groups is 1. The van der Waals surface area contributed by atoms with Crippen LogP contribution in [0.25, 0.3) is 0 Å². The third-order valence-electron chi connectivity index (χ3n) is 2.99. The summed E-state index contributed by atoms with van der Waals surface area (Å²) < 4.78 is 0. The quantitative estimate of drug-likeness (QED) is 0.642. The number of aliphatic hydroxyl groups is 2. The summed E-state index contributed by atoms with van der Waals surface area (Å²) >= 11 is 0. The second kappa shape index (κ2) is 9.39. The van der Waals surface area contributed by atoms with Crippen LogP contribution in [0.4, 0.5) is 0 Å². The first-order valence-electron chi connectivity index (χ1n) is 6.37. The molecular weight excluding hydrogens is 220 g/mol. The maximum Gasteiger partial charge on any atom is 0.222 e. The molecule has 0 aromatic heterocycles. The molecule has 5 nitrogen and oxygen atoms in total. The van der Waals surface area contributed by atoms with Crippen molar-refractivity contribution in [2.45, 2.75) is 51.6 Å². The lowest BCUT2D eigenvalue weighted by Gasteiger charge is -2.24. The Bertz CT molecular complexity index is 204. The van der Waals surface area contributed by atoms with Crippen molar-refractivity contribution in [3.8, 4) is 0 Å². The van der Waals surface area contributed by atoms with Crippen molar-refractivity contribution in [1.29, 1.82) is 0 Å². The van der Waals surface area contributed by atoms with Crippen LogP contribution in [0.3, 0.4) is 0 Å². The molecule has 1 fully saturated rings. The lowest BCUT2D eigenvalue weighted by Crippen LogP contribution is -2.38. The van der Waals surface area contributed by atoms with Gasteiger partial charge >= 0.3 is 0 Å². The molecule has 1 amide bonds. The zero-order valence-corrected chi connectivity index (χ0v) is 10.9. The molecule has 0 bridgehead atoms. The number of hydrogen-bond acceptors (Lipinski definition) is 4. The van der Waals surface area contributed by atoms with Gasteiger partial charge in [-0.05, 0) is 19.3 Å². The minimum atomic E-state index is -0.00926. The molecule has 102 valence electrons. The summed E-state index contributed by atoms with van der Waals surface area (Å²) in [6, 6.07) is 0.0509. The molecule has 0 aromatic carbocycles. The van der Waals surface area contributed by atoms with E-state index < -0.39 is 0 Å². The second-order valence-corrected chi connectivity index (χ2v) is 4.29. The van der Waals surface area contributed by atoms with Crippen LogP contribution in [0, 0.1) is 0 Å². The van der Waals surface area contributed by atoms with E-state index in [0.717, 1.165) is 25.8 Å². The molecule has 4 N–H and O–H groups in total. The first-order valence-corrected chi connectivity index (χ1v) is 6.37. The van der Waals surface area contributed by atoms with Crippen LogP contribution in [-0.4, -0.2) is 52.9 Å². The van der Waals surface area contributed by atoms with Crippen LogP contribution in [0.1, 0.15) is 39.5 Å². The molecule has 0 aromatic rings. The van der Waals surface area contributed by atoms with E-state index in [-0.39, 0.29) is 31.2 Å². The molecule has 1 aliphatic heterocycles. The van der Waals surface area contributed by atoms with Gasteiger partial charge in [-0.2, -0.15) is 0 Å². The number of carbonyl (C=O) groups excluding carboxylic acids is 1. The van der Waals surface area contributed by atoms with Gasteiger partial charge in [0.25, 0.3) is 0 Å². The van der Waals surface area contributed by atoms with E-state index >= 15 is 0 Å². The van der Waals surface area contributed by atoms with Crippen LogP contribution in [0.15, 0.2) is 0 Å². The van der Waals surface area contributed by atoms with Crippen molar-refractivity contribution in [1.82, 2.24) is 4.90 Å². The minimum Gasteiger partial charge on any atom is -0.395 e. The third kappa shape index (κ3) is 6.00. The van der Waals surface area contributed by atoms with Gasteiger partial charge in [0, 0.05) is 19.0 Å². The van der Waals surface area contributed by atoms with Crippen LogP contribution in [0.5, 0.6) is 0 Å². The summed E-state index contributed by atoms with van der Waals surface area (Å²) in [5, 5.41) is 17.1. The van der Waals surface area contributed by atoms with E-state index in [2.05, 4.69) is 0 Å². The van der Waals surface area contributed by atoms with E-state index in [1.165, 1.54) is 0 Å². The highest BCUT2D eigenvalue weighted by Crippen LogP contribution is 2.14. The van der Waals surface area contributed by atoms with E-state index in [0.29, 0.717) is 6.42 Å². The average Bonchev–Trinajstić information content (AvgIpc) is 2.77. The maximum atomic E-state index is 11.1. The molecule has 1 aliphatic rings. The van der Waals surface area contributed by atoms with Crippen molar-refractivity contribution in [3.63, 3.8) is 0 Å². The topological polar surface area (TPSA) is 86.8 Å². The molecule has 0 spiro atoms. The van der Waals surface area contributed by atoms with Gasteiger partial charge in [0.15, 0.2) is 0 Å². The van der Waals surface area contributed by atoms with Crippen molar-refractivity contribution in [2.24, 2.45) is 5.73 Å². The maximum absolute atomic E-state index is 11.1. The van der Waals surface area contributed by atoms with E-state index in [9.17, 15) is 4.79 Å². The van der Waals surface area contributed by atoms with Gasteiger partial charge in [-0.1, -0.05) is 13.8 Å². The summed E-state index contributed by atoms with van der Waals surface area (Å²) in [5.41, 5.74) is 5.22. The summed E-state index contributed by atoms with van der Waals surface area (Å²) in [6.07, 6.45) is 3.32. The highest BCUT2D eigenvalue weighted by atomic mass is 16.3. The van der Waals surface area contributed by atoms with Crippen LogP contribution < -0.4 is 5.73 Å². The first-order chi connectivity index (χ1) is 8.10. The summed E-state index contributed by atoms with van der Waals surface area (Å²) in [7, 11) is 0. The fourth-order valence-corrected chi connectivity index (χ4v) is 1.63. The Morgan fingerprint density at radius 1 is 1.29 bits per heavy atom. The number of hydrogen-bond donors (Lipinski definition) is 3. The largest absolute Gasteiger partial charge is 0.395 e. The average molecular weight is 246 g/mol. The predicted molar refractivity (Wildman–Crippen MR) is 67.5 cm³/mol. The van der Waals surface area contributed by atoms with E-state index in [1.807, 2.05) is 13.8 Å². The summed E-state index contributed by atoms with van der Waals surface area (Å²) in [6.45, 7) is 4.98. The fourth-order valence-electron chi connectivity index (χ4n) is 1.63. The zero-order chi connectivity index (χ0) is 13.3. The Kier molecular flexibility index (Phi) is 9.03. The van der Waals surface area contributed by atoms with Crippen molar-refractivity contribution >= 4 is 5.91 Å². The highest BCUT2D eigenvalue weighted by molar-refractivity contribution is 5.78. The normalized spacial score (nSPS) is 18.6. The standard InChI is InChI=1S/C8H15NO2.C4H11NO/c1-2-7(6-10)9-5-3-4-8(9)11;1-2-4(5)3-6/h7,10H,2-6H2,1H3;4,6H,2-3,5H2,1H3/t7-;4-/m00/s1. The van der Waals surface area contributed by atoms with Gasteiger partial charge in [-0.3, -0.25) is 4.79 Å². The van der Waals surface area contributed by atoms with Crippen molar-refractivity contribution in [2.75, 3.05) is 19.8 Å². The molecular formula is C12H26N2O3. The predicted octanol–water partition coefficient (Wildman–Crippen LogP) is 0.0957. The van der Waals surface area contributed by atoms with Gasteiger partial charge < -0.3 is 20.8 Å². The number of amides is 1. The first kappa shape index (κ1) is 16.4. The molecule has 0 unspecified atom stereocenters. The van der Waals surface area contributed by atoms with Crippen molar-refractivity contribution < 1.29 is 15.0 Å². The number of nitrogens with zero attached hydrogens (tertiary/aromatic N) is 1. The number of rotatable bonds is 5. The smallest absolute Gasteiger partial charge is 0.222 e. The van der Waals surface area contributed by atoms with Gasteiger partial charge in [0.1, 0.15) is 0 Å². The third-order valence-corrected chi connectivity index (χ3v) is 2.99. The van der Waals surface area contributed by atoms with Crippen LogP contribution in [-0.2, 0) is 4.79 Å². The number of nitrogens with two attached hydrogens (primary N) is 1. The Hall–Kier alpha value is -0.650. The Morgan fingerprint density at radius 2 is 1.94 bits per heavy atom. The lowest BCUT2D eigenvalue weighted by molar-refractivity contribution is -0.130. The number of likely N-dealkylation sites (tertiary alicyclic amines) is 1. The molecule has 0 saturated carbocycles. The Morgan fingerprint density at radius 3 is 2.18 bits per heavy atom. The molecule has 0 radical (unpaired) electrons. The van der Waals surface area contributed by atoms with Gasteiger partial charge in [-0.25, -0.2) is 0 Å². The molecule has 1 heterocycles. The van der Waals surface area contributed by atoms with E-state index in [4.69, 9.17) is 15.9 Å². The second-order valence-electron chi connectivity index (χ2n) is 4.29. The fraction of sp³-hybridized carbons (Fsp3) is 0.917. The molecule has 0 aliphatic carbocycles. The molecule has 2 atom stereocenters. The van der Waals surface area contributed by atoms with Crippen LogP contribution in [0.2, 0.25) is 0 Å². The monoisotopic (exact) mass is 246 g/mol. The SMILES string of the molecule is CC[C@@H](CO)N1CCCC1=O.CC[C@H](N)CO. The van der Waals surface area contributed by atoms with Crippen molar-refractivity contribution in [3.05, 3.63) is 0 Å². The summed E-state index contributed by atoms with van der Waals surface area (Å²) in [4.78, 5) is 12.9. The molecule has 1 rings (SSSR count). The van der Waals surface area contributed by atoms with Crippen LogP contribution >= 0.6 is 0 Å². The molecule has 5 heteroatoms. The number of aliphatic hydroxyl groups excluding tert-OH is 2. The Labute approximate surface area is 104 Å². The highest BCUT2D eigenvalue weighted by Gasteiger charge is 2.25. The minimum absolute atomic E-state index is 0.00926. The summed E-state index contributed by atoms with van der Waals surface area (Å²) in [5.74, 6) is 0.200. The van der Waals surface area contributed by atoms with Gasteiger partial charge in [-0.15, -0.1) is 0 Å². The lowest BCUT2D eigenvalue weighted by atomic mass is 10.2. The van der Waals surface area contributed by atoms with Gasteiger partial charge in [0.05, 0.1) is 19.3 Å².